The van der Waals surface area contributed by atoms with Crippen LogP contribution in [0.15, 0.2) is 61.6 Å². The van der Waals surface area contributed by atoms with Crippen LogP contribution in [0.25, 0.3) is 0 Å². The molecule has 0 saturated carbocycles. The zero-order chi connectivity index (χ0) is 22.1. The predicted octanol–water partition coefficient (Wildman–Crippen LogP) is 3.27. The molecule has 32 heavy (non-hydrogen) atoms. The van der Waals surface area contributed by atoms with Gasteiger partial charge in [0.25, 0.3) is 0 Å². The third kappa shape index (κ3) is 3.81. The van der Waals surface area contributed by atoms with Crippen LogP contribution >= 0.6 is 0 Å². The van der Waals surface area contributed by atoms with E-state index in [2.05, 4.69) is 45.5 Å². The number of likely N-dealkylation sites (tertiary alicyclic amines) is 2. The van der Waals surface area contributed by atoms with Crippen LogP contribution in [0.3, 0.4) is 0 Å². The highest BCUT2D eigenvalue weighted by molar-refractivity contribution is 5.86. The molecule has 2 saturated heterocycles. The molecule has 0 bridgehead atoms. The first-order valence-electron chi connectivity index (χ1n) is 11.4. The highest BCUT2D eigenvalue weighted by atomic mass is 16.2. The molecule has 3 aromatic rings. The van der Waals surface area contributed by atoms with E-state index in [0.717, 1.165) is 43.9 Å². The minimum atomic E-state index is -0.425. The summed E-state index contributed by atoms with van der Waals surface area (Å²) in [5, 5.41) is 0. The van der Waals surface area contributed by atoms with E-state index in [9.17, 15) is 4.79 Å². The van der Waals surface area contributed by atoms with E-state index in [-0.39, 0.29) is 11.8 Å². The number of nitrogens with zero attached hydrogens (tertiary/aromatic N) is 6. The summed E-state index contributed by atoms with van der Waals surface area (Å²) in [6.45, 7) is 8.12. The zero-order valence-electron chi connectivity index (χ0n) is 18.8. The van der Waals surface area contributed by atoms with E-state index < -0.39 is 5.41 Å². The molecular weight excluding hydrogens is 400 g/mol. The Kier molecular flexibility index (Phi) is 5.51. The highest BCUT2D eigenvalue weighted by Crippen LogP contribution is 2.50. The van der Waals surface area contributed by atoms with Crippen LogP contribution in [0.4, 0.5) is 0 Å². The number of carbonyl (C=O) groups is 1. The maximum absolute atomic E-state index is 13.9. The molecule has 2 atom stereocenters. The number of hydrogen-bond acceptors (Lipinski definition) is 5. The molecule has 2 aliphatic rings. The second-order valence-electron chi connectivity index (χ2n) is 9.41. The average molecular weight is 431 g/mol. The van der Waals surface area contributed by atoms with Gasteiger partial charge in [-0.2, -0.15) is 0 Å². The molecule has 0 aliphatic carbocycles. The van der Waals surface area contributed by atoms with Crippen LogP contribution in [0, 0.1) is 5.41 Å². The van der Waals surface area contributed by atoms with Gasteiger partial charge in [0.05, 0.1) is 17.4 Å². The first-order chi connectivity index (χ1) is 15.5. The fraction of sp³-hybridized carbons (Fsp3) is 0.440. The van der Waals surface area contributed by atoms with Gasteiger partial charge in [0.15, 0.2) is 0 Å². The Balaban J connectivity index is 1.43. The summed E-state index contributed by atoms with van der Waals surface area (Å²) in [5.41, 5.74) is 2.91. The Labute approximate surface area is 189 Å². The van der Waals surface area contributed by atoms with Crippen molar-refractivity contribution in [2.45, 2.75) is 45.3 Å². The normalized spacial score (nSPS) is 23.7. The molecule has 1 spiro atoms. The molecule has 7 heteroatoms. The molecule has 2 aliphatic heterocycles. The Hall–Kier alpha value is -3.06. The quantitative estimate of drug-likeness (QED) is 0.600. The van der Waals surface area contributed by atoms with Crippen LogP contribution in [-0.4, -0.2) is 54.9 Å². The van der Waals surface area contributed by atoms with E-state index in [0.29, 0.717) is 12.6 Å². The van der Waals surface area contributed by atoms with Gasteiger partial charge >= 0.3 is 0 Å². The topological polar surface area (TPSA) is 67.2 Å². The lowest BCUT2D eigenvalue weighted by Crippen LogP contribution is -2.39. The molecule has 7 nitrogen and oxygen atoms in total. The average Bonchev–Trinajstić information content (AvgIpc) is 3.50. The predicted molar refractivity (Wildman–Crippen MR) is 122 cm³/mol. The first kappa shape index (κ1) is 20.8. The number of rotatable bonds is 6. The fourth-order valence-corrected chi connectivity index (χ4v) is 5.26. The second kappa shape index (κ2) is 8.47. The van der Waals surface area contributed by atoms with Crippen molar-refractivity contribution in [1.82, 2.24) is 29.3 Å². The number of imidazole rings is 1. The SMILES string of the molecule is CC(C)n1cnc([C@H]2CN(Cc3cccnc3)C[C@]23CCN(Cc2ccncc2)C3=O)c1. The van der Waals surface area contributed by atoms with Crippen molar-refractivity contribution in [2.75, 3.05) is 19.6 Å². The van der Waals surface area contributed by atoms with Crippen molar-refractivity contribution in [1.29, 1.82) is 0 Å². The van der Waals surface area contributed by atoms with Crippen LogP contribution in [0.2, 0.25) is 0 Å². The molecule has 0 aromatic carbocycles. The highest BCUT2D eigenvalue weighted by Gasteiger charge is 2.57. The van der Waals surface area contributed by atoms with Crippen molar-refractivity contribution in [3.05, 3.63) is 78.4 Å². The number of amides is 1. The van der Waals surface area contributed by atoms with Crippen molar-refractivity contribution >= 4 is 5.91 Å². The van der Waals surface area contributed by atoms with Crippen molar-refractivity contribution < 1.29 is 4.79 Å². The zero-order valence-corrected chi connectivity index (χ0v) is 18.8. The maximum atomic E-state index is 13.9. The molecule has 5 rings (SSSR count). The van der Waals surface area contributed by atoms with Gasteiger partial charge in [0.2, 0.25) is 5.91 Å². The minimum Gasteiger partial charge on any atom is -0.338 e. The van der Waals surface area contributed by atoms with Gasteiger partial charge in [-0.05, 0) is 49.6 Å². The van der Waals surface area contributed by atoms with Crippen molar-refractivity contribution in [2.24, 2.45) is 5.41 Å². The van der Waals surface area contributed by atoms with Gasteiger partial charge in [-0.3, -0.25) is 19.7 Å². The Bertz CT molecular complexity index is 1070. The largest absolute Gasteiger partial charge is 0.338 e. The van der Waals surface area contributed by atoms with Crippen molar-refractivity contribution in [3.63, 3.8) is 0 Å². The van der Waals surface area contributed by atoms with E-state index in [4.69, 9.17) is 4.98 Å². The summed E-state index contributed by atoms with van der Waals surface area (Å²) in [7, 11) is 0. The van der Waals surface area contributed by atoms with E-state index in [1.165, 1.54) is 5.56 Å². The van der Waals surface area contributed by atoms with E-state index in [1.807, 2.05) is 35.6 Å². The van der Waals surface area contributed by atoms with Crippen LogP contribution < -0.4 is 0 Å². The summed E-state index contributed by atoms with van der Waals surface area (Å²) < 4.78 is 2.14. The molecule has 0 unspecified atom stereocenters. The molecule has 0 radical (unpaired) electrons. The Morgan fingerprint density at radius 2 is 1.94 bits per heavy atom. The lowest BCUT2D eigenvalue weighted by atomic mass is 9.75. The lowest BCUT2D eigenvalue weighted by Gasteiger charge is -2.28. The van der Waals surface area contributed by atoms with Crippen LogP contribution in [0.5, 0.6) is 0 Å². The summed E-state index contributed by atoms with van der Waals surface area (Å²) in [4.78, 5) is 31.5. The van der Waals surface area contributed by atoms with Gasteiger partial charge < -0.3 is 9.47 Å². The summed E-state index contributed by atoms with van der Waals surface area (Å²) in [5.74, 6) is 0.348. The minimum absolute atomic E-state index is 0.0918. The Morgan fingerprint density at radius 1 is 1.09 bits per heavy atom. The fourth-order valence-electron chi connectivity index (χ4n) is 5.26. The number of carbonyl (C=O) groups excluding carboxylic acids is 1. The second-order valence-corrected chi connectivity index (χ2v) is 9.41. The molecule has 166 valence electrons. The van der Waals surface area contributed by atoms with Gasteiger partial charge in [-0.1, -0.05) is 6.07 Å². The van der Waals surface area contributed by atoms with E-state index in [1.54, 1.807) is 18.6 Å². The van der Waals surface area contributed by atoms with Crippen molar-refractivity contribution in [3.8, 4) is 0 Å². The van der Waals surface area contributed by atoms with Crippen LogP contribution in [-0.2, 0) is 17.9 Å². The van der Waals surface area contributed by atoms with Gasteiger partial charge in [-0.15, -0.1) is 0 Å². The maximum Gasteiger partial charge on any atom is 0.231 e. The monoisotopic (exact) mass is 430 g/mol. The van der Waals surface area contributed by atoms with Gasteiger partial charge in [0.1, 0.15) is 0 Å². The summed E-state index contributed by atoms with van der Waals surface area (Å²) in [6.07, 6.45) is 12.2. The molecule has 0 N–H and O–H groups in total. The molecule has 3 aromatic heterocycles. The Morgan fingerprint density at radius 3 is 2.66 bits per heavy atom. The standard InChI is InChI=1S/C25H30N6O/c1-19(2)31-16-23(28-18-31)22-15-29(13-21-4-3-8-27-12-21)17-25(22)7-11-30(24(25)32)14-20-5-9-26-10-6-20/h3-6,8-10,12,16,18-19,22H,7,11,13-15,17H2,1-2H3/t22-,25-/m1/s1. The number of hydrogen-bond donors (Lipinski definition) is 0. The van der Waals surface area contributed by atoms with Crippen LogP contribution in [0.1, 0.15) is 49.0 Å². The smallest absolute Gasteiger partial charge is 0.231 e. The first-order valence-corrected chi connectivity index (χ1v) is 11.4. The lowest BCUT2D eigenvalue weighted by molar-refractivity contribution is -0.136. The third-order valence-electron chi connectivity index (χ3n) is 6.98. The third-order valence-corrected chi connectivity index (χ3v) is 6.98. The summed E-state index contributed by atoms with van der Waals surface area (Å²) >= 11 is 0. The van der Waals surface area contributed by atoms with Gasteiger partial charge in [0, 0.05) is 75.7 Å². The van der Waals surface area contributed by atoms with Gasteiger partial charge in [-0.25, -0.2) is 4.98 Å². The summed E-state index contributed by atoms with van der Waals surface area (Å²) in [6, 6.07) is 8.40. The molecular formula is C25H30N6O. The molecule has 5 heterocycles. The van der Waals surface area contributed by atoms with E-state index >= 15 is 0 Å². The molecule has 2 fully saturated rings. The number of pyridine rings is 2. The molecule has 1 amide bonds. The number of aromatic nitrogens is 4.